The zero-order valence-corrected chi connectivity index (χ0v) is 10.2. The average Bonchev–Trinajstić information content (AvgIpc) is 2.21. The summed E-state index contributed by atoms with van der Waals surface area (Å²) in [5.74, 6) is 0.346. The van der Waals surface area contributed by atoms with Gasteiger partial charge in [0.25, 0.3) is 0 Å². The van der Waals surface area contributed by atoms with Gasteiger partial charge in [-0.3, -0.25) is 0 Å². The van der Waals surface area contributed by atoms with Crippen molar-refractivity contribution in [2.45, 2.75) is 26.3 Å². The maximum atomic E-state index is 9.38. The van der Waals surface area contributed by atoms with Crippen LogP contribution < -0.4 is 5.32 Å². The van der Waals surface area contributed by atoms with Crippen molar-refractivity contribution in [3.63, 3.8) is 0 Å². The summed E-state index contributed by atoms with van der Waals surface area (Å²) in [5.41, 5.74) is 0.679. The minimum Gasteiger partial charge on any atom is -0.394 e. The molecule has 1 unspecified atom stereocenters. The van der Waals surface area contributed by atoms with Crippen molar-refractivity contribution in [2.75, 3.05) is 11.9 Å². The van der Waals surface area contributed by atoms with Crippen molar-refractivity contribution in [1.82, 2.24) is 0 Å². The third-order valence-electron chi connectivity index (χ3n) is 2.88. The highest BCUT2D eigenvalue weighted by molar-refractivity contribution is 6.30. The van der Waals surface area contributed by atoms with E-state index in [0.29, 0.717) is 5.92 Å². The molecule has 1 aromatic carbocycles. The number of nitrogens with one attached hydrogen (secondary N) is 1. The maximum absolute atomic E-state index is 9.38. The molecule has 0 heterocycles. The van der Waals surface area contributed by atoms with Crippen molar-refractivity contribution >= 4 is 17.3 Å². The monoisotopic (exact) mass is 227 g/mol. The fourth-order valence-corrected chi connectivity index (χ4v) is 1.36. The van der Waals surface area contributed by atoms with Crippen LogP contribution in [0.15, 0.2) is 24.3 Å². The molecule has 0 saturated carbocycles. The smallest absolute Gasteiger partial charge is 0.0661 e. The van der Waals surface area contributed by atoms with Crippen LogP contribution in [0.25, 0.3) is 0 Å². The van der Waals surface area contributed by atoms with E-state index in [1.807, 2.05) is 31.2 Å². The lowest BCUT2D eigenvalue weighted by Crippen LogP contribution is -2.43. The van der Waals surface area contributed by atoms with E-state index in [0.717, 1.165) is 10.7 Å². The maximum Gasteiger partial charge on any atom is 0.0661 e. The first-order valence-electron chi connectivity index (χ1n) is 5.12. The standard InChI is InChI=1S/C12H18ClNO/c1-9(2)12(3,8-15)14-11-6-4-10(13)5-7-11/h4-7,9,14-15H,8H2,1-3H3. The Bertz CT molecular complexity index is 310. The molecule has 2 nitrogen and oxygen atoms in total. The fraction of sp³-hybridized carbons (Fsp3) is 0.500. The zero-order valence-electron chi connectivity index (χ0n) is 9.42. The molecule has 0 aliphatic carbocycles. The van der Waals surface area contributed by atoms with Crippen LogP contribution in [0.1, 0.15) is 20.8 Å². The summed E-state index contributed by atoms with van der Waals surface area (Å²) in [6.07, 6.45) is 0. The second-order valence-electron chi connectivity index (χ2n) is 4.36. The van der Waals surface area contributed by atoms with Gasteiger partial charge in [0.2, 0.25) is 0 Å². The van der Waals surface area contributed by atoms with Gasteiger partial charge >= 0.3 is 0 Å². The number of benzene rings is 1. The Morgan fingerprint density at radius 3 is 2.27 bits per heavy atom. The zero-order chi connectivity index (χ0) is 11.5. The number of rotatable bonds is 4. The van der Waals surface area contributed by atoms with E-state index in [1.165, 1.54) is 0 Å². The summed E-state index contributed by atoms with van der Waals surface area (Å²) in [4.78, 5) is 0. The van der Waals surface area contributed by atoms with Crippen LogP contribution in [0.4, 0.5) is 5.69 Å². The molecule has 0 radical (unpaired) electrons. The molecule has 0 bridgehead atoms. The molecular weight excluding hydrogens is 210 g/mol. The predicted octanol–water partition coefficient (Wildman–Crippen LogP) is 3.16. The van der Waals surface area contributed by atoms with Gasteiger partial charge in [0.05, 0.1) is 12.1 Å². The van der Waals surface area contributed by atoms with Gasteiger partial charge < -0.3 is 10.4 Å². The molecule has 1 aromatic rings. The van der Waals surface area contributed by atoms with Gasteiger partial charge in [-0.1, -0.05) is 25.4 Å². The van der Waals surface area contributed by atoms with Crippen molar-refractivity contribution in [1.29, 1.82) is 0 Å². The van der Waals surface area contributed by atoms with Gasteiger partial charge in [-0.15, -0.1) is 0 Å². The third-order valence-corrected chi connectivity index (χ3v) is 3.13. The van der Waals surface area contributed by atoms with Gasteiger partial charge in [0, 0.05) is 10.7 Å². The van der Waals surface area contributed by atoms with Crippen molar-refractivity contribution < 1.29 is 5.11 Å². The van der Waals surface area contributed by atoms with E-state index in [9.17, 15) is 5.11 Å². The molecule has 0 saturated heterocycles. The average molecular weight is 228 g/mol. The second-order valence-corrected chi connectivity index (χ2v) is 4.80. The predicted molar refractivity (Wildman–Crippen MR) is 65.4 cm³/mol. The first-order valence-corrected chi connectivity index (χ1v) is 5.50. The lowest BCUT2D eigenvalue weighted by molar-refractivity contribution is 0.186. The first-order chi connectivity index (χ1) is 6.98. The van der Waals surface area contributed by atoms with Crippen LogP contribution in [0.3, 0.4) is 0 Å². The van der Waals surface area contributed by atoms with Crippen molar-refractivity contribution in [3.8, 4) is 0 Å². The Kier molecular flexibility index (Phi) is 4.00. The Morgan fingerprint density at radius 1 is 1.33 bits per heavy atom. The van der Waals surface area contributed by atoms with Crippen LogP contribution in [0.5, 0.6) is 0 Å². The molecule has 0 fully saturated rings. The molecule has 0 spiro atoms. The van der Waals surface area contributed by atoms with E-state index < -0.39 is 0 Å². The third kappa shape index (κ3) is 3.11. The summed E-state index contributed by atoms with van der Waals surface area (Å²) >= 11 is 5.80. The Balaban J connectivity index is 2.79. The summed E-state index contributed by atoms with van der Waals surface area (Å²) in [6.45, 7) is 6.28. The second kappa shape index (κ2) is 4.86. The topological polar surface area (TPSA) is 32.3 Å². The molecule has 2 N–H and O–H groups in total. The highest BCUT2D eigenvalue weighted by Gasteiger charge is 2.26. The number of hydrogen-bond acceptors (Lipinski definition) is 2. The quantitative estimate of drug-likeness (QED) is 0.828. The molecule has 0 amide bonds. The van der Waals surface area contributed by atoms with Gasteiger partial charge in [0.1, 0.15) is 0 Å². The number of aliphatic hydroxyl groups excluding tert-OH is 1. The molecule has 1 rings (SSSR count). The SMILES string of the molecule is CC(C)C(C)(CO)Nc1ccc(Cl)cc1. The van der Waals surface area contributed by atoms with Crippen LogP contribution in [-0.4, -0.2) is 17.3 Å². The van der Waals surface area contributed by atoms with Gasteiger partial charge in [-0.2, -0.15) is 0 Å². The molecule has 0 aliphatic rings. The number of aliphatic hydroxyl groups is 1. The molecule has 1 atom stereocenters. The van der Waals surface area contributed by atoms with Crippen LogP contribution in [0.2, 0.25) is 5.02 Å². The minimum absolute atomic E-state index is 0.104. The van der Waals surface area contributed by atoms with Gasteiger partial charge in [-0.05, 0) is 37.1 Å². The lowest BCUT2D eigenvalue weighted by Gasteiger charge is -2.34. The van der Waals surface area contributed by atoms with Crippen molar-refractivity contribution in [2.24, 2.45) is 5.92 Å². The molecule has 15 heavy (non-hydrogen) atoms. The Labute approximate surface area is 96.3 Å². The summed E-state index contributed by atoms with van der Waals surface area (Å²) in [5, 5.41) is 13.4. The summed E-state index contributed by atoms with van der Waals surface area (Å²) in [7, 11) is 0. The van der Waals surface area contributed by atoms with Crippen LogP contribution in [0, 0.1) is 5.92 Å². The van der Waals surface area contributed by atoms with E-state index in [1.54, 1.807) is 0 Å². The first kappa shape index (κ1) is 12.3. The van der Waals surface area contributed by atoms with E-state index in [2.05, 4.69) is 19.2 Å². The number of hydrogen-bond donors (Lipinski definition) is 2. The Morgan fingerprint density at radius 2 is 1.87 bits per heavy atom. The summed E-state index contributed by atoms with van der Waals surface area (Å²) in [6, 6.07) is 7.50. The van der Waals surface area contributed by atoms with E-state index >= 15 is 0 Å². The van der Waals surface area contributed by atoms with Crippen LogP contribution in [-0.2, 0) is 0 Å². The van der Waals surface area contributed by atoms with E-state index in [-0.39, 0.29) is 12.1 Å². The summed E-state index contributed by atoms with van der Waals surface area (Å²) < 4.78 is 0. The number of anilines is 1. The minimum atomic E-state index is -0.298. The molecule has 0 aromatic heterocycles. The molecule has 84 valence electrons. The normalized spacial score (nSPS) is 15.1. The number of halogens is 1. The highest BCUT2D eigenvalue weighted by Crippen LogP contribution is 2.23. The lowest BCUT2D eigenvalue weighted by atomic mass is 9.89. The van der Waals surface area contributed by atoms with Gasteiger partial charge in [-0.25, -0.2) is 0 Å². The van der Waals surface area contributed by atoms with Crippen LogP contribution >= 0.6 is 11.6 Å². The van der Waals surface area contributed by atoms with Crippen molar-refractivity contribution in [3.05, 3.63) is 29.3 Å². The Hall–Kier alpha value is -0.730. The molecular formula is C12H18ClNO. The molecule has 3 heteroatoms. The largest absolute Gasteiger partial charge is 0.394 e. The molecule has 0 aliphatic heterocycles. The van der Waals surface area contributed by atoms with E-state index in [4.69, 9.17) is 11.6 Å². The highest BCUT2D eigenvalue weighted by atomic mass is 35.5. The fourth-order valence-electron chi connectivity index (χ4n) is 1.23. The van der Waals surface area contributed by atoms with Gasteiger partial charge in [0.15, 0.2) is 0 Å².